The fourth-order valence-electron chi connectivity index (χ4n) is 5.72. The third-order valence-electron chi connectivity index (χ3n) is 7.62. The Labute approximate surface area is 209 Å². The molecular weight excluding hydrogens is 452 g/mol. The highest BCUT2D eigenvalue weighted by atomic mass is 16.2. The zero-order chi connectivity index (χ0) is 24.6. The minimum Gasteiger partial charge on any atom is -0.358 e. The maximum atomic E-state index is 13.2. The summed E-state index contributed by atoms with van der Waals surface area (Å²) in [5.74, 6) is -1.18. The zero-order valence-electron chi connectivity index (χ0n) is 20.3. The highest BCUT2D eigenvalue weighted by molar-refractivity contribution is 6.45. The van der Waals surface area contributed by atoms with Gasteiger partial charge in [-0.2, -0.15) is 0 Å². The molecule has 2 aromatic carbocycles. The standard InChI is InChI=1S/C29H30N4O3/c34-27(32-13-5-6-14-32)18-33-17-23(21-8-2-4-10-26(21)33)28(35)29(36)30-16-19-11-12-25-22(15-19)20-7-1-3-9-24(20)31-25/h2,4,8,10-12,15,17,31H,1,3,5-7,9,13-14,16,18H2,(H,30,36). The number of carbonyl (C=O) groups excluding carboxylic acids is 3. The van der Waals surface area contributed by atoms with E-state index >= 15 is 0 Å². The van der Waals surface area contributed by atoms with E-state index in [1.54, 1.807) is 10.8 Å². The fraction of sp³-hybridized carbons (Fsp3) is 0.345. The number of rotatable bonds is 6. The molecule has 7 nitrogen and oxygen atoms in total. The average Bonchev–Trinajstić information content (AvgIpc) is 3.65. The number of nitrogens with one attached hydrogen (secondary N) is 2. The molecule has 0 unspecified atom stereocenters. The van der Waals surface area contributed by atoms with Gasteiger partial charge in [0.2, 0.25) is 5.91 Å². The van der Waals surface area contributed by atoms with Crippen LogP contribution >= 0.6 is 0 Å². The van der Waals surface area contributed by atoms with Gasteiger partial charge in [0.1, 0.15) is 6.54 Å². The first-order chi connectivity index (χ1) is 17.6. The van der Waals surface area contributed by atoms with Gasteiger partial charge < -0.3 is 19.8 Å². The molecule has 0 saturated carbocycles. The molecule has 0 radical (unpaired) electrons. The van der Waals surface area contributed by atoms with Crippen molar-refractivity contribution < 1.29 is 14.4 Å². The Morgan fingerprint density at radius 3 is 2.58 bits per heavy atom. The van der Waals surface area contributed by atoms with Gasteiger partial charge in [0, 0.05) is 53.3 Å². The fourth-order valence-corrected chi connectivity index (χ4v) is 5.72. The molecule has 184 valence electrons. The van der Waals surface area contributed by atoms with Gasteiger partial charge in [0.15, 0.2) is 0 Å². The first kappa shape index (κ1) is 22.6. The number of aromatic nitrogens is 2. The van der Waals surface area contributed by atoms with Crippen LogP contribution in [0.1, 0.15) is 52.9 Å². The Bertz CT molecular complexity index is 1490. The number of carbonyl (C=O) groups is 3. The van der Waals surface area contributed by atoms with Crippen molar-refractivity contribution in [1.82, 2.24) is 19.8 Å². The molecule has 2 aromatic heterocycles. The van der Waals surface area contributed by atoms with Crippen LogP contribution in [0.2, 0.25) is 0 Å². The second-order valence-corrected chi connectivity index (χ2v) is 9.96. The molecule has 1 aliphatic heterocycles. The minimum absolute atomic E-state index is 0.0408. The van der Waals surface area contributed by atoms with E-state index in [0.717, 1.165) is 55.4 Å². The summed E-state index contributed by atoms with van der Waals surface area (Å²) in [5, 5.41) is 4.71. The molecule has 7 heteroatoms. The number of aromatic amines is 1. The number of ketones is 1. The third kappa shape index (κ3) is 4.08. The Balaban J connectivity index is 1.19. The molecule has 1 aliphatic carbocycles. The van der Waals surface area contributed by atoms with E-state index in [1.165, 1.54) is 29.5 Å². The Hall–Kier alpha value is -3.87. The summed E-state index contributed by atoms with van der Waals surface area (Å²) < 4.78 is 1.79. The molecule has 1 saturated heterocycles. The lowest BCUT2D eigenvalue weighted by atomic mass is 9.95. The van der Waals surface area contributed by atoms with Crippen molar-refractivity contribution in [2.24, 2.45) is 0 Å². The van der Waals surface area contributed by atoms with Gasteiger partial charge in [0.05, 0.1) is 5.56 Å². The van der Waals surface area contributed by atoms with Crippen LogP contribution in [-0.4, -0.2) is 45.1 Å². The lowest BCUT2D eigenvalue weighted by Crippen LogP contribution is -2.31. The molecule has 2 aliphatic rings. The number of hydrogen-bond acceptors (Lipinski definition) is 3. The molecule has 2 amide bonds. The summed E-state index contributed by atoms with van der Waals surface area (Å²) >= 11 is 0. The number of amides is 2. The van der Waals surface area contributed by atoms with Crippen molar-refractivity contribution in [3.05, 3.63) is 71.0 Å². The lowest BCUT2D eigenvalue weighted by molar-refractivity contribution is -0.130. The molecule has 0 bridgehead atoms. The summed E-state index contributed by atoms with van der Waals surface area (Å²) in [7, 11) is 0. The van der Waals surface area contributed by atoms with Crippen molar-refractivity contribution in [2.75, 3.05) is 13.1 Å². The van der Waals surface area contributed by atoms with Crippen LogP contribution in [0, 0.1) is 0 Å². The van der Waals surface area contributed by atoms with Crippen molar-refractivity contribution in [1.29, 1.82) is 0 Å². The van der Waals surface area contributed by atoms with Crippen LogP contribution in [0.5, 0.6) is 0 Å². The highest BCUT2D eigenvalue weighted by Gasteiger charge is 2.24. The van der Waals surface area contributed by atoms with Crippen LogP contribution in [0.15, 0.2) is 48.7 Å². The third-order valence-corrected chi connectivity index (χ3v) is 7.62. The van der Waals surface area contributed by atoms with Crippen LogP contribution < -0.4 is 5.32 Å². The average molecular weight is 483 g/mol. The van der Waals surface area contributed by atoms with E-state index in [0.29, 0.717) is 10.9 Å². The smallest absolute Gasteiger partial charge is 0.292 e. The number of para-hydroxylation sites is 1. The first-order valence-corrected chi connectivity index (χ1v) is 12.9. The Morgan fingerprint density at radius 1 is 0.917 bits per heavy atom. The van der Waals surface area contributed by atoms with E-state index in [-0.39, 0.29) is 19.0 Å². The molecule has 0 spiro atoms. The molecular formula is C29H30N4O3. The second-order valence-electron chi connectivity index (χ2n) is 9.96. The maximum absolute atomic E-state index is 13.2. The number of H-pyrrole nitrogens is 1. The van der Waals surface area contributed by atoms with Crippen LogP contribution in [0.4, 0.5) is 0 Å². The first-order valence-electron chi connectivity index (χ1n) is 12.9. The predicted molar refractivity (Wildman–Crippen MR) is 139 cm³/mol. The number of hydrogen-bond donors (Lipinski definition) is 2. The minimum atomic E-state index is -0.639. The van der Waals surface area contributed by atoms with Crippen LogP contribution in [0.25, 0.3) is 21.8 Å². The molecule has 0 atom stereocenters. The van der Waals surface area contributed by atoms with Gasteiger partial charge in [-0.1, -0.05) is 24.3 Å². The topological polar surface area (TPSA) is 87.2 Å². The molecule has 2 N–H and O–H groups in total. The van der Waals surface area contributed by atoms with Gasteiger partial charge in [0.25, 0.3) is 11.7 Å². The maximum Gasteiger partial charge on any atom is 0.292 e. The SMILES string of the molecule is O=C(NCc1ccc2[nH]c3c(c2c1)CCCC3)C(=O)c1cn(CC(=O)N2CCCC2)c2ccccc12. The normalized spacial score (nSPS) is 15.4. The Kier molecular flexibility index (Phi) is 5.83. The van der Waals surface area contributed by atoms with E-state index in [1.807, 2.05) is 35.2 Å². The van der Waals surface area contributed by atoms with Crippen LogP contribution in [-0.2, 0) is 35.5 Å². The van der Waals surface area contributed by atoms with E-state index < -0.39 is 11.7 Å². The number of Topliss-reactive ketones (excluding diaryl/α,β-unsaturated/α-hetero) is 1. The molecule has 36 heavy (non-hydrogen) atoms. The van der Waals surface area contributed by atoms with Crippen LogP contribution in [0.3, 0.4) is 0 Å². The number of fused-ring (bicyclic) bond motifs is 4. The van der Waals surface area contributed by atoms with Gasteiger partial charge >= 0.3 is 0 Å². The second kappa shape index (κ2) is 9.30. The number of nitrogens with zero attached hydrogens (tertiary/aromatic N) is 2. The summed E-state index contributed by atoms with van der Waals surface area (Å²) in [6, 6.07) is 13.6. The summed E-state index contributed by atoms with van der Waals surface area (Å²) in [4.78, 5) is 44.2. The van der Waals surface area contributed by atoms with E-state index in [4.69, 9.17) is 0 Å². The van der Waals surface area contributed by atoms with Gasteiger partial charge in [-0.15, -0.1) is 0 Å². The van der Waals surface area contributed by atoms with Crippen molar-refractivity contribution in [3.8, 4) is 0 Å². The van der Waals surface area contributed by atoms with E-state index in [2.05, 4.69) is 22.4 Å². The van der Waals surface area contributed by atoms with E-state index in [9.17, 15) is 14.4 Å². The van der Waals surface area contributed by atoms with Gasteiger partial charge in [-0.05, 0) is 67.9 Å². The monoisotopic (exact) mass is 482 g/mol. The van der Waals surface area contributed by atoms with Crippen molar-refractivity contribution in [3.63, 3.8) is 0 Å². The number of benzene rings is 2. The lowest BCUT2D eigenvalue weighted by Gasteiger charge is -2.15. The highest BCUT2D eigenvalue weighted by Crippen LogP contribution is 2.30. The van der Waals surface area contributed by atoms with Crippen molar-refractivity contribution >= 4 is 39.4 Å². The summed E-state index contributed by atoms with van der Waals surface area (Å²) in [5.41, 5.74) is 5.92. The molecule has 3 heterocycles. The number of likely N-dealkylation sites (tertiary alicyclic amines) is 1. The Morgan fingerprint density at radius 2 is 1.72 bits per heavy atom. The molecule has 4 aromatic rings. The zero-order valence-corrected chi connectivity index (χ0v) is 20.3. The largest absolute Gasteiger partial charge is 0.358 e. The predicted octanol–water partition coefficient (Wildman–Crippen LogP) is 4.12. The molecule has 1 fully saturated rings. The quantitative estimate of drug-likeness (QED) is 0.320. The van der Waals surface area contributed by atoms with Gasteiger partial charge in [-0.3, -0.25) is 14.4 Å². The van der Waals surface area contributed by atoms with Gasteiger partial charge in [-0.25, -0.2) is 0 Å². The van der Waals surface area contributed by atoms with Crippen molar-refractivity contribution in [2.45, 2.75) is 51.6 Å². The number of aryl methyl sites for hydroxylation is 2. The summed E-state index contributed by atoms with van der Waals surface area (Å²) in [6.45, 7) is 2.01. The molecule has 6 rings (SSSR count). The summed E-state index contributed by atoms with van der Waals surface area (Å²) in [6.07, 6.45) is 8.29.